The quantitative estimate of drug-likeness (QED) is 0.489. The van der Waals surface area contributed by atoms with Crippen LogP contribution in [-0.4, -0.2) is 22.3 Å². The Morgan fingerprint density at radius 2 is 2.26 bits per heavy atom. The Morgan fingerprint density at radius 1 is 1.43 bits per heavy atom. The average molecular weight is 328 g/mol. The number of non-ortho nitro benzene ring substituents is 1. The predicted octanol–water partition coefficient (Wildman–Crippen LogP) is 3.82. The Bertz CT molecular complexity index is 782. The Morgan fingerprint density at radius 3 is 3.04 bits per heavy atom. The molecule has 1 aromatic carbocycles. The van der Waals surface area contributed by atoms with Gasteiger partial charge in [-0.2, -0.15) is 0 Å². The van der Waals surface area contributed by atoms with Gasteiger partial charge in [0.25, 0.3) is 5.69 Å². The zero-order valence-corrected chi connectivity index (χ0v) is 13.5. The first-order chi connectivity index (χ1) is 11.1. The third kappa shape index (κ3) is 3.17. The van der Waals surface area contributed by atoms with Gasteiger partial charge in [-0.25, -0.2) is 0 Å². The molecule has 1 amide bonds. The molecule has 23 heavy (non-hydrogen) atoms. The maximum absolute atomic E-state index is 12.4. The number of nitrogens with zero attached hydrogens (tertiary/aromatic N) is 2. The fourth-order valence-electron chi connectivity index (χ4n) is 2.82. The van der Waals surface area contributed by atoms with Gasteiger partial charge in [0.05, 0.1) is 11.0 Å². The predicted molar refractivity (Wildman–Crippen MR) is 90.3 cm³/mol. The first-order valence-electron chi connectivity index (χ1n) is 7.35. The molecule has 6 heteroatoms. The summed E-state index contributed by atoms with van der Waals surface area (Å²) in [5.41, 5.74) is 1.89. The van der Waals surface area contributed by atoms with Gasteiger partial charge in [0.15, 0.2) is 0 Å². The highest BCUT2D eigenvalue weighted by atomic mass is 32.1. The molecule has 0 spiro atoms. The van der Waals surface area contributed by atoms with E-state index in [-0.39, 0.29) is 17.6 Å². The van der Waals surface area contributed by atoms with Gasteiger partial charge in [-0.05, 0) is 42.0 Å². The monoisotopic (exact) mass is 328 g/mol. The summed E-state index contributed by atoms with van der Waals surface area (Å²) in [4.78, 5) is 26.0. The summed E-state index contributed by atoms with van der Waals surface area (Å²) in [6.45, 7) is 2.73. The maximum atomic E-state index is 12.4. The van der Waals surface area contributed by atoms with Crippen LogP contribution in [0.1, 0.15) is 29.0 Å². The second-order valence-corrected chi connectivity index (χ2v) is 6.44. The molecule has 0 N–H and O–H groups in total. The second-order valence-electron chi connectivity index (χ2n) is 5.44. The highest BCUT2D eigenvalue weighted by Crippen LogP contribution is 2.32. The van der Waals surface area contributed by atoms with Gasteiger partial charge in [-0.15, -0.1) is 11.3 Å². The summed E-state index contributed by atoms with van der Waals surface area (Å²) >= 11 is 1.74. The summed E-state index contributed by atoms with van der Waals surface area (Å²) in [6, 6.07) is 8.39. The fraction of sp³-hybridized carbons (Fsp3) is 0.235. The van der Waals surface area contributed by atoms with E-state index < -0.39 is 4.92 Å². The SMILES string of the molecule is C[C@H]1c2ccsc2CCN1C(=O)/C=C/c1cccc([N+](=O)[O-])c1. The summed E-state index contributed by atoms with van der Waals surface area (Å²) in [6.07, 6.45) is 4.01. The molecule has 2 aromatic rings. The minimum atomic E-state index is -0.441. The molecule has 5 nitrogen and oxygen atoms in total. The van der Waals surface area contributed by atoms with Crippen LogP contribution >= 0.6 is 11.3 Å². The minimum Gasteiger partial charge on any atom is -0.332 e. The zero-order valence-electron chi connectivity index (χ0n) is 12.6. The molecule has 1 aromatic heterocycles. The Balaban J connectivity index is 1.75. The lowest BCUT2D eigenvalue weighted by Gasteiger charge is -2.32. The van der Waals surface area contributed by atoms with Crippen LogP contribution in [0.4, 0.5) is 5.69 Å². The fourth-order valence-corrected chi connectivity index (χ4v) is 3.78. The summed E-state index contributed by atoms with van der Waals surface area (Å²) in [5, 5.41) is 12.8. The van der Waals surface area contributed by atoms with Gasteiger partial charge in [0.2, 0.25) is 5.91 Å². The molecule has 118 valence electrons. The van der Waals surface area contributed by atoms with Crippen LogP contribution in [0.3, 0.4) is 0 Å². The highest BCUT2D eigenvalue weighted by molar-refractivity contribution is 7.10. The number of hydrogen-bond donors (Lipinski definition) is 0. The van der Waals surface area contributed by atoms with Crippen LogP contribution in [0.2, 0.25) is 0 Å². The third-order valence-electron chi connectivity index (χ3n) is 4.06. The van der Waals surface area contributed by atoms with Gasteiger partial charge in [0, 0.05) is 29.6 Å². The van der Waals surface area contributed by atoms with Crippen molar-refractivity contribution in [2.45, 2.75) is 19.4 Å². The van der Waals surface area contributed by atoms with Crippen molar-refractivity contribution in [3.05, 3.63) is 67.9 Å². The molecule has 0 fully saturated rings. The van der Waals surface area contributed by atoms with Crippen molar-refractivity contribution in [2.75, 3.05) is 6.54 Å². The third-order valence-corrected chi connectivity index (χ3v) is 5.06. The van der Waals surface area contributed by atoms with Crippen LogP contribution in [0.25, 0.3) is 6.08 Å². The van der Waals surface area contributed by atoms with E-state index in [2.05, 4.69) is 11.4 Å². The van der Waals surface area contributed by atoms with Crippen molar-refractivity contribution in [2.24, 2.45) is 0 Å². The Labute approximate surface area is 138 Å². The molecule has 0 bridgehead atoms. The van der Waals surface area contributed by atoms with Crippen LogP contribution < -0.4 is 0 Å². The largest absolute Gasteiger partial charge is 0.332 e. The first kappa shape index (κ1) is 15.4. The molecule has 0 saturated heterocycles. The van der Waals surface area contributed by atoms with Gasteiger partial charge >= 0.3 is 0 Å². The van der Waals surface area contributed by atoms with Crippen molar-refractivity contribution >= 4 is 29.0 Å². The Kier molecular flexibility index (Phi) is 4.25. The molecule has 3 rings (SSSR count). The zero-order chi connectivity index (χ0) is 16.4. The number of rotatable bonds is 3. The summed E-state index contributed by atoms with van der Waals surface area (Å²) in [7, 11) is 0. The van der Waals surface area contributed by atoms with E-state index in [9.17, 15) is 14.9 Å². The number of nitro groups is 1. The van der Waals surface area contributed by atoms with Gasteiger partial charge in [-0.3, -0.25) is 14.9 Å². The number of hydrogen-bond acceptors (Lipinski definition) is 4. The van der Waals surface area contributed by atoms with E-state index >= 15 is 0 Å². The van der Waals surface area contributed by atoms with Crippen molar-refractivity contribution in [1.82, 2.24) is 4.90 Å². The molecule has 0 unspecified atom stereocenters. The molecule has 2 heterocycles. The Hall–Kier alpha value is -2.47. The molecular weight excluding hydrogens is 312 g/mol. The number of nitro benzene ring substituents is 1. The molecule has 0 radical (unpaired) electrons. The molecule has 1 atom stereocenters. The van der Waals surface area contributed by atoms with Crippen molar-refractivity contribution in [1.29, 1.82) is 0 Å². The highest BCUT2D eigenvalue weighted by Gasteiger charge is 2.26. The van der Waals surface area contributed by atoms with E-state index in [4.69, 9.17) is 0 Å². The van der Waals surface area contributed by atoms with Crippen LogP contribution in [-0.2, 0) is 11.2 Å². The van der Waals surface area contributed by atoms with E-state index in [1.54, 1.807) is 29.5 Å². The first-order valence-corrected chi connectivity index (χ1v) is 8.23. The number of thiophene rings is 1. The van der Waals surface area contributed by atoms with Gasteiger partial charge in [0.1, 0.15) is 0 Å². The number of amides is 1. The standard InChI is InChI=1S/C17H16N2O3S/c1-12-15-8-10-23-16(15)7-9-18(12)17(20)6-5-13-3-2-4-14(11-13)19(21)22/h2-6,8,10-12H,7,9H2,1H3/b6-5+/t12-/m0/s1. The summed E-state index contributed by atoms with van der Waals surface area (Å²) in [5.74, 6) is -0.0687. The van der Waals surface area contributed by atoms with E-state index in [1.807, 2.05) is 11.8 Å². The maximum Gasteiger partial charge on any atom is 0.270 e. The minimum absolute atomic E-state index is 0.0221. The van der Waals surface area contributed by atoms with Gasteiger partial charge in [-0.1, -0.05) is 12.1 Å². The number of carbonyl (C=O) groups excluding carboxylic acids is 1. The molecule has 1 aliphatic heterocycles. The second kappa shape index (κ2) is 6.34. The molecule has 1 aliphatic rings. The molecule has 0 aliphatic carbocycles. The molecule has 0 saturated carbocycles. The lowest BCUT2D eigenvalue weighted by Crippen LogP contribution is -2.37. The number of fused-ring (bicyclic) bond motifs is 1. The van der Waals surface area contributed by atoms with Crippen LogP contribution in [0, 0.1) is 10.1 Å². The van der Waals surface area contributed by atoms with Crippen molar-refractivity contribution in [3.63, 3.8) is 0 Å². The average Bonchev–Trinajstić information content (AvgIpc) is 3.03. The normalized spacial score (nSPS) is 17.3. The summed E-state index contributed by atoms with van der Waals surface area (Å²) < 4.78 is 0. The lowest BCUT2D eigenvalue weighted by molar-refractivity contribution is -0.384. The van der Waals surface area contributed by atoms with E-state index in [0.717, 1.165) is 6.42 Å². The van der Waals surface area contributed by atoms with Gasteiger partial charge < -0.3 is 4.90 Å². The smallest absolute Gasteiger partial charge is 0.270 e. The van der Waals surface area contributed by atoms with Crippen LogP contribution in [0.15, 0.2) is 41.8 Å². The van der Waals surface area contributed by atoms with Crippen molar-refractivity contribution < 1.29 is 9.72 Å². The molecular formula is C17H16N2O3S. The van der Waals surface area contributed by atoms with Crippen LogP contribution in [0.5, 0.6) is 0 Å². The van der Waals surface area contributed by atoms with E-state index in [1.165, 1.54) is 28.6 Å². The number of benzene rings is 1. The lowest BCUT2D eigenvalue weighted by atomic mass is 10.0. The van der Waals surface area contributed by atoms with Crippen molar-refractivity contribution in [3.8, 4) is 0 Å². The topological polar surface area (TPSA) is 63.5 Å². The number of carbonyl (C=O) groups is 1. The van der Waals surface area contributed by atoms with E-state index in [0.29, 0.717) is 12.1 Å².